The number of aromatic nitrogens is 2. The second-order valence-electron chi connectivity index (χ2n) is 5.87. The van der Waals surface area contributed by atoms with Crippen LogP contribution in [0.4, 0.5) is 0 Å². The van der Waals surface area contributed by atoms with E-state index in [9.17, 15) is 14.4 Å². The summed E-state index contributed by atoms with van der Waals surface area (Å²) < 4.78 is 1.29. The fraction of sp³-hybridized carbons (Fsp3) is 0.375. The second kappa shape index (κ2) is 6.60. The number of nitrogens with one attached hydrogen (secondary N) is 1. The van der Waals surface area contributed by atoms with Crippen molar-refractivity contribution in [2.45, 2.75) is 33.4 Å². The summed E-state index contributed by atoms with van der Waals surface area (Å²) in [5.74, 6) is -0.981. The molecular formula is C16H20N4O3. The molecule has 0 spiro atoms. The van der Waals surface area contributed by atoms with Crippen molar-refractivity contribution in [3.8, 4) is 0 Å². The minimum Gasteiger partial charge on any atom is -0.368 e. The Morgan fingerprint density at radius 2 is 1.83 bits per heavy atom. The molecule has 3 N–H and O–H groups in total. The lowest BCUT2D eigenvalue weighted by Gasteiger charge is -2.14. The highest BCUT2D eigenvalue weighted by Gasteiger charge is 2.20. The van der Waals surface area contributed by atoms with Gasteiger partial charge in [-0.3, -0.25) is 14.4 Å². The van der Waals surface area contributed by atoms with E-state index < -0.39 is 17.9 Å². The molecule has 2 rings (SSSR count). The van der Waals surface area contributed by atoms with Crippen LogP contribution < -0.4 is 16.6 Å². The summed E-state index contributed by atoms with van der Waals surface area (Å²) in [6.07, 6.45) is 0. The smallest absolute Gasteiger partial charge is 0.274 e. The average molecular weight is 316 g/mol. The van der Waals surface area contributed by atoms with Gasteiger partial charge in [0.15, 0.2) is 5.69 Å². The Morgan fingerprint density at radius 3 is 2.39 bits per heavy atom. The lowest BCUT2D eigenvalue weighted by molar-refractivity contribution is -0.119. The number of carbonyl (C=O) groups is 2. The zero-order valence-electron chi connectivity index (χ0n) is 13.4. The van der Waals surface area contributed by atoms with E-state index >= 15 is 0 Å². The summed E-state index contributed by atoms with van der Waals surface area (Å²) in [5.41, 5.74) is 5.03. The average Bonchev–Trinajstić information content (AvgIpc) is 2.49. The molecule has 0 radical (unpaired) electrons. The molecule has 23 heavy (non-hydrogen) atoms. The normalized spacial score (nSPS) is 12.3. The van der Waals surface area contributed by atoms with Gasteiger partial charge in [-0.1, -0.05) is 32.0 Å². The maximum atomic E-state index is 12.5. The van der Waals surface area contributed by atoms with Crippen LogP contribution in [-0.4, -0.2) is 27.6 Å². The maximum Gasteiger partial charge on any atom is 0.274 e. The third-order valence-electron chi connectivity index (χ3n) is 3.40. The Labute approximate surface area is 133 Å². The Morgan fingerprint density at radius 1 is 1.22 bits per heavy atom. The SMILES string of the molecule is CC(C)Cn1nc(C(=O)NC(C)C(N)=O)c2ccccc2c1=O. The van der Waals surface area contributed by atoms with Crippen LogP contribution in [-0.2, 0) is 11.3 Å². The molecule has 2 amide bonds. The summed E-state index contributed by atoms with van der Waals surface area (Å²) in [6, 6.07) is 5.95. The Kier molecular flexibility index (Phi) is 4.78. The van der Waals surface area contributed by atoms with Crippen molar-refractivity contribution in [1.82, 2.24) is 15.1 Å². The van der Waals surface area contributed by atoms with E-state index in [0.717, 1.165) is 0 Å². The third-order valence-corrected chi connectivity index (χ3v) is 3.40. The highest BCUT2D eigenvalue weighted by atomic mass is 16.2. The number of nitrogens with zero attached hydrogens (tertiary/aromatic N) is 2. The van der Waals surface area contributed by atoms with Crippen molar-refractivity contribution < 1.29 is 9.59 Å². The molecule has 0 bridgehead atoms. The van der Waals surface area contributed by atoms with E-state index in [4.69, 9.17) is 5.73 Å². The second-order valence-corrected chi connectivity index (χ2v) is 5.87. The van der Waals surface area contributed by atoms with E-state index in [1.54, 1.807) is 24.3 Å². The number of hydrogen-bond acceptors (Lipinski definition) is 4. The first-order chi connectivity index (χ1) is 10.8. The van der Waals surface area contributed by atoms with E-state index in [0.29, 0.717) is 17.3 Å². The summed E-state index contributed by atoms with van der Waals surface area (Å²) >= 11 is 0. The highest BCUT2D eigenvalue weighted by Crippen LogP contribution is 2.14. The molecule has 0 aliphatic rings. The fourth-order valence-corrected chi connectivity index (χ4v) is 2.21. The predicted octanol–water partition coefficient (Wildman–Crippen LogP) is 0.656. The number of fused-ring (bicyclic) bond motifs is 1. The summed E-state index contributed by atoms with van der Waals surface area (Å²) in [6.45, 7) is 5.80. The zero-order chi connectivity index (χ0) is 17.1. The van der Waals surface area contributed by atoms with Crippen LogP contribution in [0, 0.1) is 5.92 Å². The summed E-state index contributed by atoms with van der Waals surface area (Å²) in [5, 5.41) is 7.56. The zero-order valence-corrected chi connectivity index (χ0v) is 13.4. The first kappa shape index (κ1) is 16.7. The molecule has 7 heteroatoms. The quantitative estimate of drug-likeness (QED) is 0.844. The van der Waals surface area contributed by atoms with Gasteiger partial charge in [0.05, 0.1) is 5.39 Å². The molecule has 0 aliphatic carbocycles. The van der Waals surface area contributed by atoms with Crippen LogP contribution in [0.25, 0.3) is 10.8 Å². The Balaban J connectivity index is 2.57. The van der Waals surface area contributed by atoms with Crippen LogP contribution in [0.15, 0.2) is 29.1 Å². The molecule has 1 aromatic heterocycles. The van der Waals surface area contributed by atoms with E-state index in [2.05, 4.69) is 10.4 Å². The van der Waals surface area contributed by atoms with Crippen LogP contribution in [0.1, 0.15) is 31.3 Å². The Hall–Kier alpha value is -2.70. The monoisotopic (exact) mass is 316 g/mol. The van der Waals surface area contributed by atoms with Gasteiger partial charge in [-0.05, 0) is 18.9 Å². The number of amides is 2. The van der Waals surface area contributed by atoms with Crippen LogP contribution >= 0.6 is 0 Å². The number of carbonyl (C=O) groups excluding carboxylic acids is 2. The lowest BCUT2D eigenvalue weighted by Crippen LogP contribution is -2.43. The van der Waals surface area contributed by atoms with Gasteiger partial charge >= 0.3 is 0 Å². The van der Waals surface area contributed by atoms with Gasteiger partial charge in [0.25, 0.3) is 11.5 Å². The number of benzene rings is 1. The molecule has 0 aliphatic heterocycles. The predicted molar refractivity (Wildman–Crippen MR) is 87.0 cm³/mol. The van der Waals surface area contributed by atoms with E-state index in [1.165, 1.54) is 11.6 Å². The molecule has 122 valence electrons. The topological polar surface area (TPSA) is 107 Å². The van der Waals surface area contributed by atoms with E-state index in [1.807, 2.05) is 13.8 Å². The van der Waals surface area contributed by atoms with Crippen molar-refractivity contribution in [1.29, 1.82) is 0 Å². The molecule has 7 nitrogen and oxygen atoms in total. The molecule has 1 atom stereocenters. The number of rotatable bonds is 5. The van der Waals surface area contributed by atoms with Gasteiger partial charge in [0.1, 0.15) is 6.04 Å². The summed E-state index contributed by atoms with van der Waals surface area (Å²) in [4.78, 5) is 36.0. The van der Waals surface area contributed by atoms with Gasteiger partial charge in [-0.2, -0.15) is 5.10 Å². The molecule has 1 aromatic carbocycles. The molecule has 0 saturated carbocycles. The van der Waals surface area contributed by atoms with Crippen LogP contribution in [0.3, 0.4) is 0 Å². The minimum atomic E-state index is -0.825. The lowest BCUT2D eigenvalue weighted by atomic mass is 10.1. The maximum absolute atomic E-state index is 12.5. The van der Waals surface area contributed by atoms with Gasteiger partial charge in [-0.25, -0.2) is 4.68 Å². The van der Waals surface area contributed by atoms with Crippen molar-refractivity contribution >= 4 is 22.6 Å². The molecule has 0 fully saturated rings. The number of nitrogens with two attached hydrogens (primary N) is 1. The third kappa shape index (κ3) is 3.56. The minimum absolute atomic E-state index is 0.106. The summed E-state index contributed by atoms with van der Waals surface area (Å²) in [7, 11) is 0. The number of primary amides is 1. The fourth-order valence-electron chi connectivity index (χ4n) is 2.21. The standard InChI is InChI=1S/C16H20N4O3/c1-9(2)8-20-16(23)12-7-5-4-6-11(12)13(19-20)15(22)18-10(3)14(17)21/h4-7,9-10H,8H2,1-3H3,(H2,17,21)(H,18,22). The van der Waals surface area contributed by atoms with Gasteiger partial charge in [-0.15, -0.1) is 0 Å². The molecule has 1 unspecified atom stereocenters. The van der Waals surface area contributed by atoms with Crippen LogP contribution in [0.5, 0.6) is 0 Å². The van der Waals surface area contributed by atoms with Gasteiger partial charge < -0.3 is 11.1 Å². The van der Waals surface area contributed by atoms with Crippen LogP contribution in [0.2, 0.25) is 0 Å². The van der Waals surface area contributed by atoms with Crippen molar-refractivity contribution in [2.24, 2.45) is 11.7 Å². The number of hydrogen-bond donors (Lipinski definition) is 2. The van der Waals surface area contributed by atoms with Gasteiger partial charge in [0, 0.05) is 11.9 Å². The van der Waals surface area contributed by atoms with Gasteiger partial charge in [0.2, 0.25) is 5.91 Å². The van der Waals surface area contributed by atoms with Crippen molar-refractivity contribution in [2.75, 3.05) is 0 Å². The molecule has 0 saturated heterocycles. The molecular weight excluding hydrogens is 296 g/mol. The molecule has 1 heterocycles. The largest absolute Gasteiger partial charge is 0.368 e. The Bertz CT molecular complexity index is 811. The first-order valence-corrected chi connectivity index (χ1v) is 7.41. The van der Waals surface area contributed by atoms with Crippen molar-refractivity contribution in [3.63, 3.8) is 0 Å². The van der Waals surface area contributed by atoms with E-state index in [-0.39, 0.29) is 17.2 Å². The molecule has 2 aromatic rings. The first-order valence-electron chi connectivity index (χ1n) is 7.41. The highest BCUT2D eigenvalue weighted by molar-refractivity contribution is 6.05. The van der Waals surface area contributed by atoms with Crippen molar-refractivity contribution in [3.05, 3.63) is 40.3 Å².